The molecule has 2 aliphatic rings. The molecule has 15 heavy (non-hydrogen) atoms. The van der Waals surface area contributed by atoms with Gasteiger partial charge < -0.3 is 10.6 Å². The summed E-state index contributed by atoms with van der Waals surface area (Å²) in [5.74, 6) is 0.730. The van der Waals surface area contributed by atoms with Crippen LogP contribution >= 0.6 is 0 Å². The molecule has 0 saturated heterocycles. The second kappa shape index (κ2) is 3.05. The van der Waals surface area contributed by atoms with Crippen LogP contribution < -0.4 is 10.6 Å². The van der Waals surface area contributed by atoms with Crippen molar-refractivity contribution in [1.29, 1.82) is 0 Å². The van der Waals surface area contributed by atoms with Crippen molar-refractivity contribution in [1.82, 2.24) is 9.97 Å². The van der Waals surface area contributed by atoms with E-state index >= 15 is 0 Å². The quantitative estimate of drug-likeness (QED) is 0.671. The molecule has 1 aromatic heterocycles. The van der Waals surface area contributed by atoms with Crippen molar-refractivity contribution in [2.24, 2.45) is 10.7 Å². The first-order valence-corrected chi connectivity index (χ1v) is 4.95. The van der Waals surface area contributed by atoms with E-state index < -0.39 is 0 Å². The molecule has 3 heterocycles. The second-order valence-corrected chi connectivity index (χ2v) is 3.60. The van der Waals surface area contributed by atoms with Crippen LogP contribution in [0.4, 0.5) is 11.5 Å². The summed E-state index contributed by atoms with van der Waals surface area (Å²) in [7, 11) is 0. The van der Waals surface area contributed by atoms with E-state index in [-0.39, 0.29) is 0 Å². The fraction of sp³-hybridized carbons (Fsp3) is 0.300. The fourth-order valence-corrected chi connectivity index (χ4v) is 1.93. The molecule has 1 aromatic rings. The monoisotopic (exact) mass is 201 g/mol. The van der Waals surface area contributed by atoms with E-state index in [1.54, 1.807) is 0 Å². The summed E-state index contributed by atoms with van der Waals surface area (Å²) in [4.78, 5) is 14.9. The number of aliphatic imine (C=N–C) groups is 1. The average Bonchev–Trinajstić information content (AvgIpc) is 2.47. The second-order valence-electron chi connectivity index (χ2n) is 3.60. The van der Waals surface area contributed by atoms with Gasteiger partial charge in [-0.15, -0.1) is 0 Å². The van der Waals surface area contributed by atoms with Gasteiger partial charge in [0.2, 0.25) is 0 Å². The van der Waals surface area contributed by atoms with Gasteiger partial charge in [0, 0.05) is 25.7 Å². The van der Waals surface area contributed by atoms with E-state index in [2.05, 4.69) is 19.9 Å². The van der Waals surface area contributed by atoms with Crippen LogP contribution in [0.15, 0.2) is 17.4 Å². The predicted octanol–water partition coefficient (Wildman–Crippen LogP) is 0.702. The molecule has 2 aliphatic heterocycles. The van der Waals surface area contributed by atoms with E-state index in [1.807, 2.05) is 12.3 Å². The van der Waals surface area contributed by atoms with Crippen LogP contribution in [0.3, 0.4) is 0 Å². The van der Waals surface area contributed by atoms with E-state index in [0.717, 1.165) is 42.4 Å². The van der Waals surface area contributed by atoms with Gasteiger partial charge in [-0.3, -0.25) is 0 Å². The van der Waals surface area contributed by atoms with Gasteiger partial charge in [0.15, 0.2) is 5.82 Å². The number of nitrogens with two attached hydrogens (primary N) is 1. The molecule has 0 fully saturated rings. The van der Waals surface area contributed by atoms with Gasteiger partial charge in [-0.05, 0) is 6.08 Å². The third kappa shape index (κ3) is 1.20. The Morgan fingerprint density at radius 2 is 2.27 bits per heavy atom. The van der Waals surface area contributed by atoms with Crippen LogP contribution in [0.1, 0.15) is 12.1 Å². The number of anilines is 1. The summed E-state index contributed by atoms with van der Waals surface area (Å²) < 4.78 is 0. The number of hydrogen-bond donors (Lipinski definition) is 1. The molecule has 0 amide bonds. The maximum atomic E-state index is 5.90. The largest absolute Gasteiger partial charge is 0.397 e. The molecule has 2 N–H and O–H groups in total. The number of rotatable bonds is 0. The highest BCUT2D eigenvalue weighted by Gasteiger charge is 2.23. The van der Waals surface area contributed by atoms with Crippen molar-refractivity contribution in [2.75, 3.05) is 18.0 Å². The zero-order chi connectivity index (χ0) is 10.3. The Balaban J connectivity index is 2.27. The van der Waals surface area contributed by atoms with Crippen LogP contribution in [0.25, 0.3) is 5.70 Å². The molecule has 0 atom stereocenters. The lowest BCUT2D eigenvalue weighted by Crippen LogP contribution is -2.29. The predicted molar refractivity (Wildman–Crippen MR) is 59.2 cm³/mol. The smallest absolute Gasteiger partial charge is 0.179 e. The summed E-state index contributed by atoms with van der Waals surface area (Å²) in [6, 6.07) is 0. The van der Waals surface area contributed by atoms with Crippen molar-refractivity contribution < 1.29 is 0 Å². The lowest BCUT2D eigenvalue weighted by Gasteiger charge is -2.27. The van der Waals surface area contributed by atoms with E-state index in [4.69, 9.17) is 5.73 Å². The van der Waals surface area contributed by atoms with Crippen molar-refractivity contribution in [3.8, 4) is 0 Å². The van der Waals surface area contributed by atoms with Crippen LogP contribution in [-0.4, -0.2) is 29.3 Å². The molecular weight excluding hydrogens is 190 g/mol. The highest BCUT2D eigenvalue weighted by molar-refractivity contribution is 5.84. The Morgan fingerprint density at radius 1 is 1.33 bits per heavy atom. The summed E-state index contributed by atoms with van der Waals surface area (Å²) in [6.45, 7) is 1.77. The van der Waals surface area contributed by atoms with Crippen molar-refractivity contribution >= 4 is 23.4 Å². The molecule has 3 rings (SSSR count). The minimum Gasteiger partial charge on any atom is -0.397 e. The zero-order valence-electron chi connectivity index (χ0n) is 8.22. The van der Waals surface area contributed by atoms with Crippen molar-refractivity contribution in [2.45, 2.75) is 6.42 Å². The maximum Gasteiger partial charge on any atom is 0.179 e. The Labute approximate surface area is 87.4 Å². The molecule has 0 unspecified atom stereocenters. The maximum absolute atomic E-state index is 5.90. The normalized spacial score (nSPS) is 18.1. The SMILES string of the molecule is NC1=CCN2CCC=Nc3ncnc1c32. The molecular formula is C10H11N5. The molecule has 0 saturated carbocycles. The lowest BCUT2D eigenvalue weighted by molar-refractivity contribution is 0.860. The minimum atomic E-state index is 0.724. The summed E-state index contributed by atoms with van der Waals surface area (Å²) in [5, 5.41) is 0. The van der Waals surface area contributed by atoms with Gasteiger partial charge in [0.05, 0.1) is 5.70 Å². The van der Waals surface area contributed by atoms with E-state index in [1.165, 1.54) is 6.33 Å². The number of nitrogens with zero attached hydrogens (tertiary/aromatic N) is 4. The highest BCUT2D eigenvalue weighted by Crippen LogP contribution is 2.35. The lowest BCUT2D eigenvalue weighted by atomic mass is 10.1. The van der Waals surface area contributed by atoms with E-state index in [9.17, 15) is 0 Å². The first kappa shape index (κ1) is 8.40. The fourth-order valence-electron chi connectivity index (χ4n) is 1.93. The van der Waals surface area contributed by atoms with Crippen molar-refractivity contribution in [3.05, 3.63) is 18.1 Å². The van der Waals surface area contributed by atoms with Crippen LogP contribution in [0.5, 0.6) is 0 Å². The first-order chi connectivity index (χ1) is 7.36. The Bertz CT molecular complexity index is 463. The average molecular weight is 201 g/mol. The molecule has 5 nitrogen and oxygen atoms in total. The van der Waals surface area contributed by atoms with Gasteiger partial charge in [0.1, 0.15) is 17.7 Å². The molecule has 76 valence electrons. The Kier molecular flexibility index (Phi) is 1.71. The molecule has 0 aliphatic carbocycles. The van der Waals surface area contributed by atoms with Crippen LogP contribution in [-0.2, 0) is 0 Å². The van der Waals surface area contributed by atoms with Gasteiger partial charge in [-0.1, -0.05) is 0 Å². The Hall–Kier alpha value is -1.91. The topological polar surface area (TPSA) is 67.4 Å². The van der Waals surface area contributed by atoms with E-state index in [0.29, 0.717) is 0 Å². The zero-order valence-corrected chi connectivity index (χ0v) is 8.22. The van der Waals surface area contributed by atoms with Gasteiger partial charge in [-0.2, -0.15) is 0 Å². The minimum absolute atomic E-state index is 0.724. The summed E-state index contributed by atoms with van der Waals surface area (Å²) >= 11 is 0. The number of hydrogen-bond acceptors (Lipinski definition) is 5. The standard InChI is InChI=1S/C10H11N5/c11-7-2-5-15-4-1-3-12-10-9(15)8(7)13-6-14-10/h2-3,6H,1,4-5,11H2. The van der Waals surface area contributed by atoms with Gasteiger partial charge in [-0.25, -0.2) is 15.0 Å². The Morgan fingerprint density at radius 3 is 3.20 bits per heavy atom. The number of aromatic nitrogens is 2. The third-order valence-electron chi connectivity index (χ3n) is 2.67. The van der Waals surface area contributed by atoms with Crippen LogP contribution in [0, 0.1) is 0 Å². The first-order valence-electron chi connectivity index (χ1n) is 4.95. The summed E-state index contributed by atoms with van der Waals surface area (Å²) in [5.41, 5.74) is 8.41. The third-order valence-corrected chi connectivity index (χ3v) is 2.67. The molecule has 0 radical (unpaired) electrons. The molecule has 0 bridgehead atoms. The van der Waals surface area contributed by atoms with Gasteiger partial charge >= 0.3 is 0 Å². The van der Waals surface area contributed by atoms with Crippen LogP contribution in [0.2, 0.25) is 0 Å². The molecule has 0 aromatic carbocycles. The molecule has 5 heteroatoms. The summed E-state index contributed by atoms with van der Waals surface area (Å²) in [6.07, 6.45) is 6.34. The highest BCUT2D eigenvalue weighted by atomic mass is 15.2. The van der Waals surface area contributed by atoms with Gasteiger partial charge in [0.25, 0.3) is 0 Å². The van der Waals surface area contributed by atoms with Crippen molar-refractivity contribution in [3.63, 3.8) is 0 Å². The molecule has 0 spiro atoms.